The Bertz CT molecular complexity index is 1710. The Balaban J connectivity index is 1.47. The third kappa shape index (κ3) is 7.36. The molecule has 0 saturated carbocycles. The van der Waals surface area contributed by atoms with Gasteiger partial charge in [0.1, 0.15) is 6.33 Å². The molecule has 0 fully saturated rings. The summed E-state index contributed by atoms with van der Waals surface area (Å²) in [4.78, 5) is 51.8. The molecule has 2 bridgehead atoms. The quantitative estimate of drug-likeness (QED) is 0.295. The van der Waals surface area contributed by atoms with Gasteiger partial charge in [-0.05, 0) is 59.9 Å². The summed E-state index contributed by atoms with van der Waals surface area (Å²) in [6.07, 6.45) is 6.04. The van der Waals surface area contributed by atoms with E-state index >= 15 is 0 Å². The van der Waals surface area contributed by atoms with E-state index in [4.69, 9.17) is 16.6 Å². The number of methoxy groups -OCH3 is 1. The van der Waals surface area contributed by atoms with Crippen LogP contribution < -0.4 is 10.6 Å². The Kier molecular flexibility index (Phi) is 8.98. The normalized spacial score (nSPS) is 15.2. The van der Waals surface area contributed by atoms with Crippen LogP contribution in [0.4, 0.5) is 16.2 Å². The molecule has 43 heavy (non-hydrogen) atoms. The second-order valence-electron chi connectivity index (χ2n) is 9.55. The van der Waals surface area contributed by atoms with Crippen molar-refractivity contribution in [2.45, 2.75) is 12.8 Å². The van der Waals surface area contributed by atoms with Gasteiger partial charge in [-0.1, -0.05) is 11.6 Å². The lowest BCUT2D eigenvalue weighted by Crippen LogP contribution is -2.27. The molecule has 0 radical (unpaired) electrons. The maximum atomic E-state index is 13.1. The third-order valence-electron chi connectivity index (χ3n) is 6.54. The van der Waals surface area contributed by atoms with Crippen LogP contribution >= 0.6 is 11.6 Å². The standard InChI is InChI=1S/C28H27ClN10O4/c1-38-11-9-21(33-25(40)8-3-17-13-18(29)4-7-24(17)39-16-31-36-37-39)27-30-15-23(35-27)20-6-5-19(32-28(42)43-2)14-22(20)34-26(41)10-12-38/h3-8,13-16H,9-12H2,1-2H3,(H,30,35)(H,32,42)(H,34,41)/b8-3+,33-21+. The van der Waals surface area contributed by atoms with Crippen LogP contribution in [0.3, 0.4) is 0 Å². The number of tetrazole rings is 1. The molecule has 2 aromatic carbocycles. The maximum absolute atomic E-state index is 13.1. The minimum atomic E-state index is -0.638. The van der Waals surface area contributed by atoms with Crippen molar-refractivity contribution in [2.24, 2.45) is 4.99 Å². The van der Waals surface area contributed by atoms with Gasteiger partial charge in [0.15, 0.2) is 5.82 Å². The van der Waals surface area contributed by atoms with Crippen LogP contribution in [0.5, 0.6) is 0 Å². The number of aromatic nitrogens is 6. The fraction of sp³-hybridized carbons (Fsp3) is 0.214. The fourth-order valence-electron chi connectivity index (χ4n) is 4.34. The molecule has 1 aliphatic heterocycles. The Morgan fingerprint density at radius 3 is 2.79 bits per heavy atom. The first kappa shape index (κ1) is 29.3. The number of fused-ring (bicyclic) bond motifs is 4. The van der Waals surface area contributed by atoms with E-state index in [0.717, 1.165) is 0 Å². The number of benzene rings is 2. The van der Waals surface area contributed by atoms with Crippen molar-refractivity contribution in [3.63, 3.8) is 0 Å². The molecule has 220 valence electrons. The number of carbonyl (C=O) groups excluding carboxylic acids is 3. The average molecular weight is 603 g/mol. The molecule has 0 saturated heterocycles. The van der Waals surface area contributed by atoms with Crippen molar-refractivity contribution in [1.82, 2.24) is 35.1 Å². The number of carbonyl (C=O) groups is 3. The van der Waals surface area contributed by atoms with Gasteiger partial charge in [-0.15, -0.1) is 5.10 Å². The van der Waals surface area contributed by atoms with Gasteiger partial charge in [-0.25, -0.2) is 14.8 Å². The molecule has 5 rings (SSSR count). The molecule has 0 spiro atoms. The van der Waals surface area contributed by atoms with Crippen molar-refractivity contribution < 1.29 is 19.1 Å². The summed E-state index contributed by atoms with van der Waals surface area (Å²) in [6.45, 7) is 0.997. The van der Waals surface area contributed by atoms with Gasteiger partial charge in [0.25, 0.3) is 5.91 Å². The van der Waals surface area contributed by atoms with E-state index in [1.165, 1.54) is 24.2 Å². The summed E-state index contributed by atoms with van der Waals surface area (Å²) in [5.74, 6) is -0.288. The summed E-state index contributed by atoms with van der Waals surface area (Å²) in [5.41, 5.74) is 3.73. The first-order chi connectivity index (χ1) is 20.8. The maximum Gasteiger partial charge on any atom is 0.411 e. The Hall–Kier alpha value is -5.21. The van der Waals surface area contributed by atoms with Crippen molar-refractivity contribution >= 4 is 52.7 Å². The van der Waals surface area contributed by atoms with Gasteiger partial charge in [0, 0.05) is 60.0 Å². The molecular weight excluding hydrogens is 576 g/mol. The monoisotopic (exact) mass is 602 g/mol. The molecule has 3 N–H and O–H groups in total. The van der Waals surface area contributed by atoms with Crippen LogP contribution in [0.15, 0.2) is 60.0 Å². The molecule has 3 amide bonds. The number of hydrogen-bond acceptors (Lipinski definition) is 9. The second kappa shape index (κ2) is 13.2. The van der Waals surface area contributed by atoms with Gasteiger partial charge in [0.2, 0.25) is 5.91 Å². The van der Waals surface area contributed by atoms with Crippen molar-refractivity contribution in [2.75, 3.05) is 37.9 Å². The van der Waals surface area contributed by atoms with E-state index in [2.05, 4.69) is 40.9 Å². The highest BCUT2D eigenvalue weighted by molar-refractivity contribution is 6.30. The smallest absolute Gasteiger partial charge is 0.411 e. The number of nitrogens with zero attached hydrogens (tertiary/aromatic N) is 7. The van der Waals surface area contributed by atoms with Crippen molar-refractivity contribution in [3.8, 4) is 16.9 Å². The number of hydrogen-bond donors (Lipinski definition) is 3. The first-order valence-corrected chi connectivity index (χ1v) is 13.5. The zero-order valence-electron chi connectivity index (χ0n) is 23.2. The SMILES string of the molecule is COC(=O)Nc1ccc2c(c1)NC(=O)CCN(C)CC/C(=N\C(=O)/C=C/c1cc(Cl)ccc1-n1cnnn1)c1nc-2c[nH]1. The zero-order valence-corrected chi connectivity index (χ0v) is 24.0. The predicted molar refractivity (Wildman–Crippen MR) is 160 cm³/mol. The van der Waals surface area contributed by atoms with Crippen LogP contribution in [0.25, 0.3) is 23.0 Å². The predicted octanol–water partition coefficient (Wildman–Crippen LogP) is 3.58. The summed E-state index contributed by atoms with van der Waals surface area (Å²) in [5, 5.41) is 17.2. The Morgan fingerprint density at radius 2 is 2.00 bits per heavy atom. The van der Waals surface area contributed by atoms with E-state index < -0.39 is 12.0 Å². The third-order valence-corrected chi connectivity index (χ3v) is 6.77. The number of imidazole rings is 1. The number of nitrogens with one attached hydrogen (secondary N) is 3. The highest BCUT2D eigenvalue weighted by atomic mass is 35.5. The van der Waals surface area contributed by atoms with Crippen LogP contribution in [0, 0.1) is 0 Å². The molecule has 0 atom stereocenters. The van der Waals surface area contributed by atoms with E-state index in [1.54, 1.807) is 48.7 Å². The number of halogens is 1. The number of aliphatic imine (C=N–C) groups is 1. The van der Waals surface area contributed by atoms with Gasteiger partial charge < -0.3 is 19.9 Å². The lowest BCUT2D eigenvalue weighted by Gasteiger charge is -2.17. The minimum absolute atomic E-state index is 0.199. The largest absolute Gasteiger partial charge is 0.453 e. The zero-order chi connectivity index (χ0) is 30.3. The summed E-state index contributed by atoms with van der Waals surface area (Å²) < 4.78 is 6.14. The van der Waals surface area contributed by atoms with E-state index in [-0.39, 0.29) is 12.3 Å². The second-order valence-corrected chi connectivity index (χ2v) is 9.99. The number of H-pyrrole nitrogens is 1. The van der Waals surface area contributed by atoms with Gasteiger partial charge in [-0.3, -0.25) is 14.9 Å². The Labute approximate surface area is 250 Å². The topological polar surface area (TPSA) is 172 Å². The molecular formula is C28H27ClN10O4. The lowest BCUT2D eigenvalue weighted by atomic mass is 10.1. The van der Waals surface area contributed by atoms with E-state index in [9.17, 15) is 14.4 Å². The van der Waals surface area contributed by atoms with Crippen LogP contribution in [-0.4, -0.2) is 85.9 Å². The molecule has 2 aromatic heterocycles. The summed E-state index contributed by atoms with van der Waals surface area (Å²) in [6, 6.07) is 10.2. The number of aromatic amines is 1. The van der Waals surface area contributed by atoms with Crippen molar-refractivity contribution in [3.05, 3.63) is 71.4 Å². The lowest BCUT2D eigenvalue weighted by molar-refractivity contribution is -0.116. The molecule has 3 heterocycles. The van der Waals surface area contributed by atoms with Crippen LogP contribution in [0.1, 0.15) is 24.2 Å². The Morgan fingerprint density at radius 1 is 1.16 bits per heavy atom. The first-order valence-electron chi connectivity index (χ1n) is 13.1. The molecule has 4 aromatic rings. The molecule has 15 heteroatoms. The van der Waals surface area contributed by atoms with Gasteiger partial charge in [0.05, 0.1) is 29.9 Å². The molecule has 0 aliphatic carbocycles. The van der Waals surface area contributed by atoms with Gasteiger partial charge in [-0.2, -0.15) is 4.68 Å². The molecule has 14 nitrogen and oxygen atoms in total. The number of amides is 3. The van der Waals surface area contributed by atoms with Crippen LogP contribution in [0.2, 0.25) is 5.02 Å². The van der Waals surface area contributed by atoms with E-state index in [0.29, 0.717) is 70.0 Å². The number of anilines is 2. The van der Waals surface area contributed by atoms with Gasteiger partial charge >= 0.3 is 6.09 Å². The van der Waals surface area contributed by atoms with E-state index in [1.807, 2.05) is 11.9 Å². The molecule has 1 aliphatic rings. The summed E-state index contributed by atoms with van der Waals surface area (Å²) >= 11 is 6.20. The summed E-state index contributed by atoms with van der Waals surface area (Å²) in [7, 11) is 3.15. The highest BCUT2D eigenvalue weighted by Crippen LogP contribution is 2.30. The highest BCUT2D eigenvalue weighted by Gasteiger charge is 2.18. The number of rotatable bonds is 4. The van der Waals surface area contributed by atoms with Crippen molar-refractivity contribution in [1.29, 1.82) is 0 Å². The van der Waals surface area contributed by atoms with Crippen LogP contribution in [-0.2, 0) is 14.3 Å². The fourth-order valence-corrected chi connectivity index (χ4v) is 4.52. The average Bonchev–Trinajstić information content (AvgIpc) is 3.70. The molecule has 0 unspecified atom stereocenters. The minimum Gasteiger partial charge on any atom is -0.453 e. The number of ether oxygens (including phenoxy) is 1.